The van der Waals surface area contributed by atoms with Crippen molar-refractivity contribution in [2.24, 2.45) is 5.41 Å². The van der Waals surface area contributed by atoms with E-state index in [1.165, 1.54) is 5.56 Å². The Morgan fingerprint density at radius 3 is 2.31 bits per heavy atom. The Morgan fingerprint density at radius 2 is 1.81 bits per heavy atom. The molecule has 0 unspecified atom stereocenters. The number of carbonyl (C=O) groups is 1. The average Bonchev–Trinajstić information content (AvgIpc) is 2.71. The molecule has 2 nitrogen and oxygen atoms in total. The van der Waals surface area contributed by atoms with E-state index in [-0.39, 0.29) is 0 Å². The molecule has 1 N–H and O–H groups in total. The second-order valence-electron chi connectivity index (χ2n) is 4.95. The number of hydrogen-bond acceptors (Lipinski definition) is 1. The van der Waals surface area contributed by atoms with Crippen molar-refractivity contribution in [3.8, 4) is 0 Å². The molecule has 2 heteroatoms. The van der Waals surface area contributed by atoms with Crippen molar-refractivity contribution in [3.63, 3.8) is 0 Å². The largest absolute Gasteiger partial charge is 0.481 e. The van der Waals surface area contributed by atoms with Crippen LogP contribution in [-0.4, -0.2) is 11.1 Å². The summed E-state index contributed by atoms with van der Waals surface area (Å²) >= 11 is 0. The molecule has 0 spiro atoms. The summed E-state index contributed by atoms with van der Waals surface area (Å²) in [6, 6.07) is 8.22. The van der Waals surface area contributed by atoms with Gasteiger partial charge in [0, 0.05) is 0 Å². The van der Waals surface area contributed by atoms with E-state index in [2.05, 4.69) is 24.3 Å². The van der Waals surface area contributed by atoms with Crippen LogP contribution in [0.1, 0.15) is 36.8 Å². The standard InChI is InChI=1S/C14H18O2/c1-11-4-6-12(7-5-11)10-14(13(15)16)8-2-3-9-14/h4-7H,2-3,8-10H2,1H3,(H,15,16). The summed E-state index contributed by atoms with van der Waals surface area (Å²) in [5, 5.41) is 9.38. The predicted molar refractivity (Wildman–Crippen MR) is 63.4 cm³/mol. The number of carboxylic acid groups (broad SMARTS) is 1. The van der Waals surface area contributed by atoms with E-state index in [4.69, 9.17) is 0 Å². The molecule has 16 heavy (non-hydrogen) atoms. The number of aliphatic carboxylic acids is 1. The maximum absolute atomic E-state index is 11.4. The van der Waals surface area contributed by atoms with Crippen molar-refractivity contribution in [2.45, 2.75) is 39.0 Å². The molecule has 1 aromatic rings. The van der Waals surface area contributed by atoms with Crippen molar-refractivity contribution in [1.29, 1.82) is 0 Å². The molecule has 1 fully saturated rings. The van der Waals surface area contributed by atoms with Gasteiger partial charge in [-0.3, -0.25) is 4.79 Å². The molecule has 0 bridgehead atoms. The van der Waals surface area contributed by atoms with Crippen LogP contribution >= 0.6 is 0 Å². The van der Waals surface area contributed by atoms with Crippen LogP contribution in [0.15, 0.2) is 24.3 Å². The Kier molecular flexibility index (Phi) is 2.99. The van der Waals surface area contributed by atoms with Gasteiger partial charge in [-0.15, -0.1) is 0 Å². The van der Waals surface area contributed by atoms with Gasteiger partial charge in [-0.1, -0.05) is 42.7 Å². The van der Waals surface area contributed by atoms with Gasteiger partial charge in [-0.2, -0.15) is 0 Å². The second-order valence-corrected chi connectivity index (χ2v) is 4.95. The maximum Gasteiger partial charge on any atom is 0.309 e. The molecule has 1 aromatic carbocycles. The number of aryl methyl sites for hydroxylation is 1. The van der Waals surface area contributed by atoms with Crippen molar-refractivity contribution in [2.75, 3.05) is 0 Å². The molecule has 0 atom stereocenters. The summed E-state index contributed by atoms with van der Waals surface area (Å²) in [5.41, 5.74) is 1.88. The number of rotatable bonds is 3. The first-order valence-corrected chi connectivity index (χ1v) is 5.91. The lowest BCUT2D eigenvalue weighted by atomic mass is 9.80. The third-order valence-electron chi connectivity index (χ3n) is 3.68. The normalized spacial score (nSPS) is 18.6. The monoisotopic (exact) mass is 218 g/mol. The Labute approximate surface area is 96.3 Å². The van der Waals surface area contributed by atoms with E-state index >= 15 is 0 Å². The third-order valence-corrected chi connectivity index (χ3v) is 3.68. The molecular weight excluding hydrogens is 200 g/mol. The minimum Gasteiger partial charge on any atom is -0.481 e. The average molecular weight is 218 g/mol. The fourth-order valence-corrected chi connectivity index (χ4v) is 2.61. The molecular formula is C14H18O2. The SMILES string of the molecule is Cc1ccc(CC2(C(=O)O)CCCC2)cc1. The predicted octanol–water partition coefficient (Wildman–Crippen LogP) is 3.18. The van der Waals surface area contributed by atoms with Gasteiger partial charge in [0.25, 0.3) is 0 Å². The van der Waals surface area contributed by atoms with Crippen LogP contribution in [0.4, 0.5) is 0 Å². The van der Waals surface area contributed by atoms with Crippen LogP contribution in [0.2, 0.25) is 0 Å². The topological polar surface area (TPSA) is 37.3 Å². The molecule has 0 radical (unpaired) electrons. The minimum atomic E-state index is -0.620. The van der Waals surface area contributed by atoms with Crippen molar-refractivity contribution >= 4 is 5.97 Å². The fourth-order valence-electron chi connectivity index (χ4n) is 2.61. The molecule has 0 amide bonds. The van der Waals surface area contributed by atoms with E-state index < -0.39 is 11.4 Å². The van der Waals surface area contributed by atoms with Gasteiger partial charge in [-0.25, -0.2) is 0 Å². The molecule has 1 aliphatic rings. The van der Waals surface area contributed by atoms with E-state index in [1.54, 1.807) is 0 Å². The Balaban J connectivity index is 2.18. The summed E-state index contributed by atoms with van der Waals surface area (Å²) in [5.74, 6) is -0.620. The lowest BCUT2D eigenvalue weighted by molar-refractivity contribution is -0.148. The van der Waals surface area contributed by atoms with Gasteiger partial charge in [0.15, 0.2) is 0 Å². The fraction of sp³-hybridized carbons (Fsp3) is 0.500. The molecule has 0 heterocycles. The first-order valence-electron chi connectivity index (χ1n) is 5.91. The van der Waals surface area contributed by atoms with Crippen molar-refractivity contribution in [1.82, 2.24) is 0 Å². The Morgan fingerprint density at radius 1 is 1.25 bits per heavy atom. The van der Waals surface area contributed by atoms with E-state index in [9.17, 15) is 9.90 Å². The van der Waals surface area contributed by atoms with Crippen LogP contribution in [-0.2, 0) is 11.2 Å². The zero-order chi connectivity index (χ0) is 11.6. The quantitative estimate of drug-likeness (QED) is 0.846. The molecule has 2 rings (SSSR count). The molecule has 1 saturated carbocycles. The van der Waals surface area contributed by atoms with Gasteiger partial charge < -0.3 is 5.11 Å². The van der Waals surface area contributed by atoms with E-state index in [0.717, 1.165) is 31.2 Å². The summed E-state index contributed by atoms with van der Waals surface area (Å²) in [4.78, 5) is 11.4. The smallest absolute Gasteiger partial charge is 0.309 e. The highest BCUT2D eigenvalue weighted by atomic mass is 16.4. The highest BCUT2D eigenvalue weighted by Crippen LogP contribution is 2.41. The Bertz CT molecular complexity index is 372. The van der Waals surface area contributed by atoms with Crippen LogP contribution in [0.25, 0.3) is 0 Å². The maximum atomic E-state index is 11.4. The van der Waals surface area contributed by atoms with Crippen molar-refractivity contribution in [3.05, 3.63) is 35.4 Å². The van der Waals surface area contributed by atoms with Gasteiger partial charge in [0.05, 0.1) is 5.41 Å². The van der Waals surface area contributed by atoms with Crippen LogP contribution in [0.3, 0.4) is 0 Å². The summed E-state index contributed by atoms with van der Waals surface area (Å²) in [7, 11) is 0. The van der Waals surface area contributed by atoms with Crippen LogP contribution in [0, 0.1) is 12.3 Å². The van der Waals surface area contributed by atoms with E-state index in [0.29, 0.717) is 6.42 Å². The summed E-state index contributed by atoms with van der Waals surface area (Å²) in [6.45, 7) is 2.05. The van der Waals surface area contributed by atoms with Crippen LogP contribution < -0.4 is 0 Å². The van der Waals surface area contributed by atoms with Gasteiger partial charge >= 0.3 is 5.97 Å². The molecule has 0 aromatic heterocycles. The molecule has 1 aliphatic carbocycles. The number of hydrogen-bond donors (Lipinski definition) is 1. The molecule has 86 valence electrons. The zero-order valence-electron chi connectivity index (χ0n) is 9.70. The van der Waals surface area contributed by atoms with Crippen molar-refractivity contribution < 1.29 is 9.90 Å². The molecule has 0 aliphatic heterocycles. The lowest BCUT2D eigenvalue weighted by Gasteiger charge is -2.23. The first kappa shape index (κ1) is 11.2. The highest BCUT2D eigenvalue weighted by molar-refractivity contribution is 5.75. The zero-order valence-corrected chi connectivity index (χ0v) is 9.70. The lowest BCUT2D eigenvalue weighted by Crippen LogP contribution is -2.30. The minimum absolute atomic E-state index is 0.491. The van der Waals surface area contributed by atoms with Gasteiger partial charge in [0.1, 0.15) is 0 Å². The van der Waals surface area contributed by atoms with Gasteiger partial charge in [0.2, 0.25) is 0 Å². The number of benzene rings is 1. The summed E-state index contributed by atoms with van der Waals surface area (Å²) in [6.07, 6.45) is 4.45. The Hall–Kier alpha value is -1.31. The third kappa shape index (κ3) is 2.11. The highest BCUT2D eigenvalue weighted by Gasteiger charge is 2.41. The van der Waals surface area contributed by atoms with E-state index in [1.807, 2.05) is 6.92 Å². The first-order chi connectivity index (χ1) is 7.62. The van der Waals surface area contributed by atoms with Gasteiger partial charge in [-0.05, 0) is 31.7 Å². The van der Waals surface area contributed by atoms with Crippen LogP contribution in [0.5, 0.6) is 0 Å². The summed E-state index contributed by atoms with van der Waals surface area (Å²) < 4.78 is 0. The molecule has 0 saturated heterocycles. The second kappa shape index (κ2) is 4.28. The number of carboxylic acids is 1.